The minimum absolute atomic E-state index is 0.383. The van der Waals surface area contributed by atoms with Gasteiger partial charge in [-0.05, 0) is 47.5 Å². The summed E-state index contributed by atoms with van der Waals surface area (Å²) in [5.41, 5.74) is 0. The standard InChI is InChI=1S/C14H29N3O2S2/c1-12(2)9-17(10-15-20(18)13(3,4)5)11-16-21(19)14(6,7)8/h10-12H,9H2,1-8H3/b15-10+,16-11+. The first-order valence-electron chi connectivity index (χ1n) is 7.02. The fourth-order valence-electron chi connectivity index (χ4n) is 1.07. The predicted molar refractivity (Wildman–Crippen MR) is 94.3 cm³/mol. The Morgan fingerprint density at radius 2 is 1.24 bits per heavy atom. The zero-order valence-corrected chi connectivity index (χ0v) is 16.0. The van der Waals surface area contributed by atoms with Crippen molar-refractivity contribution >= 4 is 34.6 Å². The van der Waals surface area contributed by atoms with Gasteiger partial charge in [0.2, 0.25) is 0 Å². The van der Waals surface area contributed by atoms with Crippen molar-refractivity contribution in [1.82, 2.24) is 4.90 Å². The molecule has 0 N–H and O–H groups in total. The molecule has 5 nitrogen and oxygen atoms in total. The largest absolute Gasteiger partial charge is 0.322 e. The van der Waals surface area contributed by atoms with Gasteiger partial charge in [-0.25, -0.2) is 8.42 Å². The lowest BCUT2D eigenvalue weighted by Gasteiger charge is -2.19. The van der Waals surface area contributed by atoms with E-state index in [9.17, 15) is 8.42 Å². The molecule has 0 bridgehead atoms. The van der Waals surface area contributed by atoms with Crippen LogP contribution in [-0.4, -0.2) is 42.0 Å². The first kappa shape index (κ1) is 20.4. The van der Waals surface area contributed by atoms with E-state index in [0.717, 1.165) is 0 Å². The lowest BCUT2D eigenvalue weighted by molar-refractivity contribution is 0.507. The van der Waals surface area contributed by atoms with Gasteiger partial charge in [-0.3, -0.25) is 0 Å². The highest BCUT2D eigenvalue weighted by molar-refractivity contribution is 7.85. The SMILES string of the molecule is CC(C)CN(/C=N/S(=O)C(C)(C)C)/C=N/S(=O)C(C)(C)C. The van der Waals surface area contributed by atoms with Crippen LogP contribution in [0.2, 0.25) is 0 Å². The van der Waals surface area contributed by atoms with Gasteiger partial charge in [-0.15, -0.1) is 0 Å². The van der Waals surface area contributed by atoms with Crippen LogP contribution in [0.25, 0.3) is 0 Å². The van der Waals surface area contributed by atoms with Crippen LogP contribution in [0.5, 0.6) is 0 Å². The molecule has 0 aliphatic heterocycles. The van der Waals surface area contributed by atoms with Crippen LogP contribution >= 0.6 is 0 Å². The summed E-state index contributed by atoms with van der Waals surface area (Å²) in [7, 11) is -2.63. The molecule has 0 fully saturated rings. The van der Waals surface area contributed by atoms with Gasteiger partial charge in [-0.1, -0.05) is 13.8 Å². The van der Waals surface area contributed by atoms with Gasteiger partial charge in [0.15, 0.2) is 0 Å². The van der Waals surface area contributed by atoms with Crippen molar-refractivity contribution in [3.63, 3.8) is 0 Å². The average molecular weight is 336 g/mol. The van der Waals surface area contributed by atoms with E-state index in [2.05, 4.69) is 22.6 Å². The van der Waals surface area contributed by atoms with E-state index in [1.807, 2.05) is 41.5 Å². The second-order valence-electron chi connectivity index (χ2n) is 7.26. The maximum absolute atomic E-state index is 11.9. The highest BCUT2D eigenvalue weighted by Gasteiger charge is 2.20. The first-order chi connectivity index (χ1) is 9.34. The third kappa shape index (κ3) is 9.14. The van der Waals surface area contributed by atoms with Crippen molar-refractivity contribution in [1.29, 1.82) is 0 Å². The molecule has 0 amide bonds. The molecule has 0 aromatic carbocycles. The van der Waals surface area contributed by atoms with Crippen LogP contribution in [0.3, 0.4) is 0 Å². The van der Waals surface area contributed by atoms with Crippen LogP contribution in [0.4, 0.5) is 0 Å². The Kier molecular flexibility index (Phi) is 7.95. The molecule has 0 aliphatic carbocycles. The fraction of sp³-hybridized carbons (Fsp3) is 0.857. The van der Waals surface area contributed by atoms with Crippen molar-refractivity contribution in [2.45, 2.75) is 64.9 Å². The number of hydrogen-bond acceptors (Lipinski definition) is 2. The molecular formula is C14H29N3O2S2. The molecule has 0 saturated heterocycles. The molecule has 2 unspecified atom stereocenters. The molecule has 0 aliphatic rings. The number of nitrogens with zero attached hydrogens (tertiary/aromatic N) is 3. The summed E-state index contributed by atoms with van der Waals surface area (Å²) >= 11 is 0. The Labute approximate surface area is 134 Å². The van der Waals surface area contributed by atoms with Gasteiger partial charge < -0.3 is 4.90 Å². The summed E-state index contributed by atoms with van der Waals surface area (Å²) in [6.07, 6.45) is 3.04. The minimum Gasteiger partial charge on any atom is -0.322 e. The Morgan fingerprint density at radius 3 is 1.48 bits per heavy atom. The van der Waals surface area contributed by atoms with E-state index >= 15 is 0 Å². The van der Waals surface area contributed by atoms with E-state index in [4.69, 9.17) is 0 Å². The molecule has 7 heteroatoms. The second kappa shape index (κ2) is 8.17. The van der Waals surface area contributed by atoms with Gasteiger partial charge >= 0.3 is 0 Å². The fourth-order valence-corrected chi connectivity index (χ4v) is 2.11. The van der Waals surface area contributed by atoms with Gasteiger partial charge in [0.25, 0.3) is 0 Å². The van der Waals surface area contributed by atoms with Crippen molar-refractivity contribution in [2.24, 2.45) is 14.7 Å². The first-order valence-corrected chi connectivity index (χ1v) is 9.23. The Balaban J connectivity index is 4.99. The van der Waals surface area contributed by atoms with E-state index in [1.165, 1.54) is 12.7 Å². The molecule has 0 spiro atoms. The molecule has 0 heterocycles. The Bertz CT molecular complexity index is 396. The lowest BCUT2D eigenvalue weighted by atomic mass is 10.2. The second-order valence-corrected chi connectivity index (χ2v) is 11.1. The van der Waals surface area contributed by atoms with Crippen molar-refractivity contribution < 1.29 is 8.42 Å². The molecule has 0 rings (SSSR count). The van der Waals surface area contributed by atoms with Gasteiger partial charge in [0, 0.05) is 6.54 Å². The van der Waals surface area contributed by atoms with E-state index in [1.54, 1.807) is 4.90 Å². The van der Waals surface area contributed by atoms with Gasteiger partial charge in [-0.2, -0.15) is 8.80 Å². The van der Waals surface area contributed by atoms with Gasteiger partial charge in [0.1, 0.15) is 34.6 Å². The van der Waals surface area contributed by atoms with E-state index < -0.39 is 31.5 Å². The lowest BCUT2D eigenvalue weighted by Crippen LogP contribution is -2.28. The Hall–Kier alpha value is -0.560. The van der Waals surface area contributed by atoms with Crippen LogP contribution in [0.1, 0.15) is 55.4 Å². The van der Waals surface area contributed by atoms with E-state index in [0.29, 0.717) is 12.5 Å². The average Bonchev–Trinajstić information content (AvgIpc) is 2.28. The summed E-state index contributed by atoms with van der Waals surface area (Å²) in [6, 6.07) is 0. The predicted octanol–water partition coefficient (Wildman–Crippen LogP) is 2.93. The maximum atomic E-state index is 11.9. The quantitative estimate of drug-likeness (QED) is 0.554. The van der Waals surface area contributed by atoms with Gasteiger partial charge in [0.05, 0.1) is 9.49 Å². The molecule has 0 saturated carbocycles. The van der Waals surface area contributed by atoms with Crippen LogP contribution in [0, 0.1) is 5.92 Å². The summed E-state index contributed by atoms with van der Waals surface area (Å²) in [5, 5.41) is 0. The van der Waals surface area contributed by atoms with Crippen LogP contribution in [-0.2, 0) is 22.0 Å². The normalized spacial score (nSPS) is 16.8. The van der Waals surface area contributed by atoms with Crippen LogP contribution < -0.4 is 0 Å². The summed E-state index contributed by atoms with van der Waals surface area (Å²) in [5.74, 6) is 0.383. The molecular weight excluding hydrogens is 306 g/mol. The maximum Gasteiger partial charge on any atom is 0.146 e. The molecule has 21 heavy (non-hydrogen) atoms. The molecule has 0 aromatic rings. The Morgan fingerprint density at radius 1 is 0.905 bits per heavy atom. The van der Waals surface area contributed by atoms with Crippen molar-refractivity contribution in [3.05, 3.63) is 0 Å². The zero-order valence-electron chi connectivity index (χ0n) is 14.4. The minimum atomic E-state index is -1.31. The summed E-state index contributed by atoms with van der Waals surface area (Å²) in [6.45, 7) is 16.0. The number of rotatable bonds is 6. The highest BCUT2D eigenvalue weighted by Crippen LogP contribution is 2.13. The highest BCUT2D eigenvalue weighted by atomic mass is 32.2. The summed E-state index contributed by atoms with van der Waals surface area (Å²) < 4.78 is 31.2. The molecule has 0 aromatic heterocycles. The molecule has 0 radical (unpaired) electrons. The van der Waals surface area contributed by atoms with Crippen LogP contribution in [0.15, 0.2) is 8.80 Å². The third-order valence-corrected chi connectivity index (χ3v) is 4.87. The van der Waals surface area contributed by atoms with E-state index in [-0.39, 0.29) is 0 Å². The summed E-state index contributed by atoms with van der Waals surface area (Å²) in [4.78, 5) is 1.73. The topological polar surface area (TPSA) is 62.1 Å². The number of hydrogen-bond donors (Lipinski definition) is 0. The molecule has 124 valence electrons. The third-order valence-electron chi connectivity index (χ3n) is 2.21. The van der Waals surface area contributed by atoms with Crippen molar-refractivity contribution in [3.8, 4) is 0 Å². The smallest absolute Gasteiger partial charge is 0.146 e. The molecule has 2 atom stereocenters. The zero-order chi connectivity index (χ0) is 16.8. The monoisotopic (exact) mass is 335 g/mol. The van der Waals surface area contributed by atoms with Crippen molar-refractivity contribution in [2.75, 3.05) is 6.54 Å².